The Hall–Kier alpha value is -1.53. The third-order valence-electron chi connectivity index (χ3n) is 3.17. The van der Waals surface area contributed by atoms with Crippen molar-refractivity contribution in [2.75, 3.05) is 12.4 Å². The molecule has 2 heterocycles. The number of benzene rings is 1. The predicted octanol–water partition coefficient (Wildman–Crippen LogP) is 4.09. The summed E-state index contributed by atoms with van der Waals surface area (Å²) in [6.07, 6.45) is 2.05. The van der Waals surface area contributed by atoms with E-state index in [0.717, 1.165) is 26.6 Å². The van der Waals surface area contributed by atoms with Gasteiger partial charge in [-0.05, 0) is 25.1 Å². The molecule has 3 rings (SSSR count). The van der Waals surface area contributed by atoms with Gasteiger partial charge >= 0.3 is 0 Å². The van der Waals surface area contributed by atoms with E-state index in [2.05, 4.69) is 36.8 Å². The van der Waals surface area contributed by atoms with E-state index in [-0.39, 0.29) is 0 Å². The Morgan fingerprint density at radius 3 is 3.10 bits per heavy atom. The minimum Gasteiger partial charge on any atom is -0.495 e. The highest BCUT2D eigenvalue weighted by Gasteiger charge is 2.10. The van der Waals surface area contributed by atoms with E-state index in [1.165, 1.54) is 5.69 Å². The van der Waals surface area contributed by atoms with Crippen LogP contribution in [0.25, 0.3) is 4.96 Å². The van der Waals surface area contributed by atoms with Crippen molar-refractivity contribution in [2.24, 2.45) is 0 Å². The molecular weight excluding hydrogens is 338 g/mol. The summed E-state index contributed by atoms with van der Waals surface area (Å²) >= 11 is 5.13. The molecular formula is C14H14BrN3OS. The minimum absolute atomic E-state index is 0.705. The van der Waals surface area contributed by atoms with E-state index in [9.17, 15) is 0 Å². The Bertz CT molecular complexity index is 750. The van der Waals surface area contributed by atoms with Gasteiger partial charge in [-0.15, -0.1) is 11.3 Å². The lowest BCUT2D eigenvalue weighted by molar-refractivity contribution is 0.416. The number of halogens is 1. The summed E-state index contributed by atoms with van der Waals surface area (Å²) < 4.78 is 8.51. The van der Waals surface area contributed by atoms with Crippen molar-refractivity contribution in [3.8, 4) is 5.75 Å². The van der Waals surface area contributed by atoms with Crippen LogP contribution < -0.4 is 10.1 Å². The zero-order valence-corrected chi connectivity index (χ0v) is 13.6. The summed E-state index contributed by atoms with van der Waals surface area (Å²) in [4.78, 5) is 5.57. The lowest BCUT2D eigenvalue weighted by Crippen LogP contribution is -2.04. The highest BCUT2D eigenvalue weighted by atomic mass is 79.9. The average molecular weight is 352 g/mol. The maximum absolute atomic E-state index is 5.37. The standard InChI is InChI=1S/C14H14BrN3OS/c1-9-12(18-5-6-20-14(18)17-9)8-16-11-7-10(15)3-4-13(11)19-2/h3-7,16H,8H2,1-2H3. The molecule has 0 aliphatic carbocycles. The van der Waals surface area contributed by atoms with Crippen LogP contribution in [-0.2, 0) is 6.54 Å². The predicted molar refractivity (Wildman–Crippen MR) is 85.8 cm³/mol. The number of aromatic nitrogens is 2. The fourth-order valence-corrected chi connectivity index (χ4v) is 3.29. The maximum Gasteiger partial charge on any atom is 0.194 e. The first kappa shape index (κ1) is 13.5. The Labute approximate surface area is 129 Å². The number of nitrogens with one attached hydrogen (secondary N) is 1. The smallest absolute Gasteiger partial charge is 0.194 e. The molecule has 104 valence electrons. The fraction of sp³-hybridized carbons (Fsp3) is 0.214. The Balaban J connectivity index is 1.88. The summed E-state index contributed by atoms with van der Waals surface area (Å²) in [7, 11) is 1.68. The number of thiazole rings is 1. The van der Waals surface area contributed by atoms with Gasteiger partial charge in [0.15, 0.2) is 4.96 Å². The molecule has 20 heavy (non-hydrogen) atoms. The van der Waals surface area contributed by atoms with Gasteiger partial charge in [0.25, 0.3) is 0 Å². The van der Waals surface area contributed by atoms with Crippen LogP contribution in [0, 0.1) is 6.92 Å². The average Bonchev–Trinajstić information content (AvgIpc) is 2.97. The third-order valence-corrected chi connectivity index (χ3v) is 4.42. The molecule has 3 aromatic rings. The monoisotopic (exact) mass is 351 g/mol. The number of hydrogen-bond acceptors (Lipinski definition) is 4. The molecule has 0 radical (unpaired) electrons. The SMILES string of the molecule is COc1ccc(Br)cc1NCc1c(C)nc2sccn12. The zero-order chi connectivity index (χ0) is 14.1. The molecule has 0 saturated carbocycles. The maximum atomic E-state index is 5.37. The van der Waals surface area contributed by atoms with Crippen molar-refractivity contribution < 1.29 is 4.74 Å². The van der Waals surface area contributed by atoms with Crippen LogP contribution in [0.2, 0.25) is 0 Å². The fourth-order valence-electron chi connectivity index (χ4n) is 2.15. The Kier molecular flexibility index (Phi) is 3.67. The number of aryl methyl sites for hydroxylation is 1. The van der Waals surface area contributed by atoms with Gasteiger partial charge in [-0.3, -0.25) is 4.40 Å². The molecule has 0 bridgehead atoms. The highest BCUT2D eigenvalue weighted by Crippen LogP contribution is 2.28. The van der Waals surface area contributed by atoms with Crippen LogP contribution in [0.5, 0.6) is 5.75 Å². The second-order valence-electron chi connectivity index (χ2n) is 4.40. The van der Waals surface area contributed by atoms with E-state index in [0.29, 0.717) is 6.54 Å². The molecule has 6 heteroatoms. The quantitative estimate of drug-likeness (QED) is 0.769. The van der Waals surface area contributed by atoms with E-state index < -0.39 is 0 Å². The summed E-state index contributed by atoms with van der Waals surface area (Å²) in [6.45, 7) is 2.74. The van der Waals surface area contributed by atoms with E-state index in [1.54, 1.807) is 18.4 Å². The normalized spacial score (nSPS) is 10.9. The van der Waals surface area contributed by atoms with Crippen molar-refractivity contribution in [1.29, 1.82) is 0 Å². The topological polar surface area (TPSA) is 38.6 Å². The van der Waals surface area contributed by atoms with Crippen molar-refractivity contribution in [2.45, 2.75) is 13.5 Å². The van der Waals surface area contributed by atoms with Crippen LogP contribution in [-0.4, -0.2) is 16.5 Å². The number of ether oxygens (including phenoxy) is 1. The lowest BCUT2D eigenvalue weighted by atomic mass is 10.2. The van der Waals surface area contributed by atoms with Gasteiger partial charge in [-0.2, -0.15) is 0 Å². The molecule has 0 spiro atoms. The summed E-state index contributed by atoms with van der Waals surface area (Å²) in [5, 5.41) is 5.47. The molecule has 0 atom stereocenters. The van der Waals surface area contributed by atoms with Gasteiger partial charge in [0, 0.05) is 16.0 Å². The molecule has 0 aliphatic heterocycles. The largest absolute Gasteiger partial charge is 0.495 e. The molecule has 1 aromatic carbocycles. The van der Waals surface area contributed by atoms with Crippen molar-refractivity contribution in [3.63, 3.8) is 0 Å². The van der Waals surface area contributed by atoms with Crippen LogP contribution in [0.3, 0.4) is 0 Å². The summed E-state index contributed by atoms with van der Waals surface area (Å²) in [6, 6.07) is 5.92. The van der Waals surface area contributed by atoms with E-state index >= 15 is 0 Å². The number of methoxy groups -OCH3 is 1. The number of imidazole rings is 1. The van der Waals surface area contributed by atoms with Gasteiger partial charge in [-0.25, -0.2) is 4.98 Å². The van der Waals surface area contributed by atoms with Crippen LogP contribution in [0.1, 0.15) is 11.4 Å². The molecule has 4 nitrogen and oxygen atoms in total. The van der Waals surface area contributed by atoms with Gasteiger partial charge in [0.1, 0.15) is 5.75 Å². The molecule has 0 unspecified atom stereocenters. The Morgan fingerprint density at radius 2 is 2.30 bits per heavy atom. The number of nitrogens with zero attached hydrogens (tertiary/aromatic N) is 2. The zero-order valence-electron chi connectivity index (χ0n) is 11.2. The summed E-state index contributed by atoms with van der Waals surface area (Å²) in [5.41, 5.74) is 3.19. The highest BCUT2D eigenvalue weighted by molar-refractivity contribution is 9.10. The molecule has 1 N–H and O–H groups in total. The first-order valence-electron chi connectivity index (χ1n) is 6.17. The molecule has 0 saturated heterocycles. The van der Waals surface area contributed by atoms with E-state index in [1.807, 2.05) is 30.5 Å². The van der Waals surface area contributed by atoms with Gasteiger partial charge in [-0.1, -0.05) is 15.9 Å². The van der Waals surface area contributed by atoms with Gasteiger partial charge in [0.05, 0.1) is 30.7 Å². The molecule has 0 amide bonds. The first-order valence-corrected chi connectivity index (χ1v) is 7.84. The van der Waals surface area contributed by atoms with Crippen molar-refractivity contribution in [3.05, 3.63) is 45.6 Å². The lowest BCUT2D eigenvalue weighted by Gasteiger charge is -2.11. The number of rotatable bonds is 4. The van der Waals surface area contributed by atoms with Crippen LogP contribution in [0.15, 0.2) is 34.2 Å². The first-order chi connectivity index (χ1) is 9.69. The van der Waals surface area contributed by atoms with Gasteiger partial charge < -0.3 is 10.1 Å². The van der Waals surface area contributed by atoms with E-state index in [4.69, 9.17) is 4.74 Å². The van der Waals surface area contributed by atoms with Crippen LogP contribution in [0.4, 0.5) is 5.69 Å². The third kappa shape index (κ3) is 2.41. The Morgan fingerprint density at radius 1 is 1.45 bits per heavy atom. The number of fused-ring (bicyclic) bond motifs is 1. The molecule has 0 aliphatic rings. The number of anilines is 1. The minimum atomic E-state index is 0.705. The van der Waals surface area contributed by atoms with Gasteiger partial charge in [0.2, 0.25) is 0 Å². The summed E-state index contributed by atoms with van der Waals surface area (Å²) in [5.74, 6) is 0.830. The second kappa shape index (κ2) is 5.46. The molecule has 2 aromatic heterocycles. The molecule has 0 fully saturated rings. The number of hydrogen-bond donors (Lipinski definition) is 1. The van der Waals surface area contributed by atoms with Crippen LogP contribution >= 0.6 is 27.3 Å². The second-order valence-corrected chi connectivity index (χ2v) is 6.19. The van der Waals surface area contributed by atoms with Crippen molar-refractivity contribution >= 4 is 37.9 Å². The van der Waals surface area contributed by atoms with Crippen molar-refractivity contribution in [1.82, 2.24) is 9.38 Å².